The maximum Gasteiger partial charge on any atom is 0.241 e. The summed E-state index contributed by atoms with van der Waals surface area (Å²) in [6, 6.07) is 13.2. The molecule has 178 valence electrons. The van der Waals surface area contributed by atoms with Crippen LogP contribution in [0, 0.1) is 6.92 Å². The van der Waals surface area contributed by atoms with Gasteiger partial charge in [0.25, 0.3) is 0 Å². The maximum atomic E-state index is 12.9. The number of amides is 2. The summed E-state index contributed by atoms with van der Waals surface area (Å²) < 4.78 is 32.9. The van der Waals surface area contributed by atoms with E-state index in [1.54, 1.807) is 36.4 Å². The molecule has 33 heavy (non-hydrogen) atoms. The highest BCUT2D eigenvalue weighted by atomic mass is 35.5. The second kappa shape index (κ2) is 11.6. The molecule has 1 heterocycles. The number of benzene rings is 2. The van der Waals surface area contributed by atoms with Crippen LogP contribution in [0.5, 0.6) is 0 Å². The Bertz CT molecular complexity index is 1050. The van der Waals surface area contributed by atoms with Crippen LogP contribution in [-0.2, 0) is 30.9 Å². The summed E-state index contributed by atoms with van der Waals surface area (Å²) in [6.07, 6.45) is 1.83. The minimum absolute atomic E-state index is 0.0179. The summed E-state index contributed by atoms with van der Waals surface area (Å²) in [5, 5.41) is 3.34. The molecule has 0 saturated carbocycles. The van der Waals surface area contributed by atoms with E-state index in [1.807, 2.05) is 6.92 Å². The van der Waals surface area contributed by atoms with Crippen molar-refractivity contribution in [1.29, 1.82) is 0 Å². The number of rotatable bonds is 10. The Labute approximate surface area is 199 Å². The Hall–Kier alpha value is -2.46. The molecule has 1 atom stereocenters. The first-order chi connectivity index (χ1) is 15.7. The smallest absolute Gasteiger partial charge is 0.241 e. The summed E-state index contributed by atoms with van der Waals surface area (Å²) in [7, 11) is -3.87. The van der Waals surface area contributed by atoms with Crippen LogP contribution in [0.1, 0.15) is 24.0 Å². The van der Waals surface area contributed by atoms with Gasteiger partial charge in [0.1, 0.15) is 0 Å². The molecule has 0 spiro atoms. The lowest BCUT2D eigenvalue weighted by Gasteiger charge is -2.23. The number of nitrogens with zero attached hydrogens (tertiary/aromatic N) is 1. The molecule has 0 aliphatic carbocycles. The minimum Gasteiger partial charge on any atom is -0.376 e. The van der Waals surface area contributed by atoms with Crippen LogP contribution < -0.4 is 10.0 Å². The maximum absolute atomic E-state index is 12.9. The lowest BCUT2D eigenvalue weighted by molar-refractivity contribution is -0.135. The Morgan fingerprint density at radius 3 is 2.45 bits per heavy atom. The molecular formula is C23H28ClN3O5S. The number of hydrogen-bond acceptors (Lipinski definition) is 5. The van der Waals surface area contributed by atoms with Gasteiger partial charge in [0.15, 0.2) is 0 Å². The van der Waals surface area contributed by atoms with Crippen LogP contribution in [0.4, 0.5) is 0 Å². The Balaban J connectivity index is 1.64. The first kappa shape index (κ1) is 25.2. The van der Waals surface area contributed by atoms with E-state index in [4.69, 9.17) is 16.3 Å². The quantitative estimate of drug-likeness (QED) is 0.528. The molecule has 3 rings (SSSR count). The average Bonchev–Trinajstić information content (AvgIpc) is 3.31. The van der Waals surface area contributed by atoms with Crippen LogP contribution in [-0.4, -0.2) is 57.5 Å². The van der Waals surface area contributed by atoms with Gasteiger partial charge in [-0.1, -0.05) is 41.4 Å². The van der Waals surface area contributed by atoms with Gasteiger partial charge < -0.3 is 15.0 Å². The first-order valence-corrected chi connectivity index (χ1v) is 12.6. The topological polar surface area (TPSA) is 105 Å². The van der Waals surface area contributed by atoms with Gasteiger partial charge in [0.2, 0.25) is 21.8 Å². The van der Waals surface area contributed by atoms with Gasteiger partial charge >= 0.3 is 0 Å². The van der Waals surface area contributed by atoms with Crippen molar-refractivity contribution in [2.24, 2.45) is 0 Å². The van der Waals surface area contributed by atoms with Crippen molar-refractivity contribution in [2.75, 3.05) is 26.2 Å². The first-order valence-electron chi connectivity index (χ1n) is 10.7. The van der Waals surface area contributed by atoms with E-state index in [-0.39, 0.29) is 30.0 Å². The standard InChI is InChI=1S/C23H28ClN3O5S/c1-17-4-10-21(11-5-17)33(30,31)26-14-23(29)27(15-18-6-8-19(24)9-7-18)16-22(28)25-13-20-3-2-12-32-20/h4-11,20,26H,2-3,12-16H2,1H3,(H,25,28)/t20-/m1/s1. The van der Waals surface area contributed by atoms with Gasteiger partial charge in [0, 0.05) is 24.7 Å². The Morgan fingerprint density at radius 1 is 1.12 bits per heavy atom. The van der Waals surface area contributed by atoms with Crippen LogP contribution in [0.15, 0.2) is 53.4 Å². The van der Waals surface area contributed by atoms with Gasteiger partial charge in [-0.05, 0) is 49.6 Å². The third kappa shape index (κ3) is 7.82. The summed E-state index contributed by atoms with van der Waals surface area (Å²) in [4.78, 5) is 26.8. The molecule has 2 aromatic carbocycles. The molecule has 10 heteroatoms. The largest absolute Gasteiger partial charge is 0.376 e. The second-order valence-corrected chi connectivity index (χ2v) is 10.2. The number of ether oxygens (including phenoxy) is 1. The fraction of sp³-hybridized carbons (Fsp3) is 0.391. The molecule has 0 unspecified atom stereocenters. The molecule has 0 aromatic heterocycles. The molecule has 2 N–H and O–H groups in total. The van der Waals surface area contributed by atoms with E-state index >= 15 is 0 Å². The third-order valence-corrected chi connectivity index (χ3v) is 6.94. The van der Waals surface area contributed by atoms with Crippen LogP contribution in [0.25, 0.3) is 0 Å². The predicted octanol–water partition coefficient (Wildman–Crippen LogP) is 2.25. The second-order valence-electron chi connectivity index (χ2n) is 7.95. The summed E-state index contributed by atoms with van der Waals surface area (Å²) in [6.45, 7) is 2.37. The molecular weight excluding hydrogens is 466 g/mol. The van der Waals surface area contributed by atoms with Crippen LogP contribution in [0.2, 0.25) is 5.02 Å². The lowest BCUT2D eigenvalue weighted by atomic mass is 10.2. The van der Waals surface area contributed by atoms with Crippen molar-refractivity contribution < 1.29 is 22.7 Å². The highest BCUT2D eigenvalue weighted by Gasteiger charge is 2.22. The van der Waals surface area contributed by atoms with Gasteiger partial charge in [-0.15, -0.1) is 0 Å². The highest BCUT2D eigenvalue weighted by Crippen LogP contribution is 2.13. The fourth-order valence-corrected chi connectivity index (χ4v) is 4.47. The van der Waals surface area contributed by atoms with Gasteiger partial charge in [-0.25, -0.2) is 13.1 Å². The zero-order valence-corrected chi connectivity index (χ0v) is 20.0. The van der Waals surface area contributed by atoms with E-state index in [0.29, 0.717) is 18.2 Å². The average molecular weight is 494 g/mol. The van der Waals surface area contributed by atoms with Crippen LogP contribution in [0.3, 0.4) is 0 Å². The molecule has 2 aromatic rings. The predicted molar refractivity (Wildman–Crippen MR) is 125 cm³/mol. The summed E-state index contributed by atoms with van der Waals surface area (Å²) >= 11 is 5.93. The Morgan fingerprint density at radius 2 is 1.82 bits per heavy atom. The van der Waals surface area contributed by atoms with Crippen molar-refractivity contribution >= 4 is 33.4 Å². The molecule has 0 bridgehead atoms. The number of carbonyl (C=O) groups is 2. The third-order valence-electron chi connectivity index (χ3n) is 5.27. The van der Waals surface area contributed by atoms with Crippen molar-refractivity contribution in [1.82, 2.24) is 14.9 Å². The molecule has 2 amide bonds. The van der Waals surface area contributed by atoms with Crippen molar-refractivity contribution in [3.8, 4) is 0 Å². The number of halogens is 1. The fourth-order valence-electron chi connectivity index (χ4n) is 3.37. The number of hydrogen-bond donors (Lipinski definition) is 2. The lowest BCUT2D eigenvalue weighted by Crippen LogP contribution is -2.45. The van der Waals surface area contributed by atoms with Crippen LogP contribution >= 0.6 is 11.6 Å². The minimum atomic E-state index is -3.87. The van der Waals surface area contributed by atoms with E-state index in [1.165, 1.54) is 17.0 Å². The van der Waals surface area contributed by atoms with Crippen molar-refractivity contribution in [2.45, 2.75) is 37.3 Å². The summed E-state index contributed by atoms with van der Waals surface area (Å²) in [5.41, 5.74) is 1.69. The zero-order chi connectivity index (χ0) is 23.8. The highest BCUT2D eigenvalue weighted by molar-refractivity contribution is 7.89. The molecule has 1 fully saturated rings. The van der Waals surface area contributed by atoms with Crippen molar-refractivity contribution in [3.63, 3.8) is 0 Å². The van der Waals surface area contributed by atoms with E-state index in [0.717, 1.165) is 24.0 Å². The van der Waals surface area contributed by atoms with E-state index < -0.39 is 22.5 Å². The number of carbonyl (C=O) groups excluding carboxylic acids is 2. The number of nitrogens with one attached hydrogen (secondary N) is 2. The monoisotopic (exact) mass is 493 g/mol. The summed E-state index contributed by atoms with van der Waals surface area (Å²) in [5.74, 6) is -0.859. The number of aryl methyl sites for hydroxylation is 1. The van der Waals surface area contributed by atoms with E-state index in [2.05, 4.69) is 10.0 Å². The normalized spacial score (nSPS) is 15.9. The van der Waals surface area contributed by atoms with Gasteiger partial charge in [0.05, 0.1) is 24.1 Å². The number of sulfonamides is 1. The molecule has 1 aliphatic heterocycles. The molecule has 1 aliphatic rings. The molecule has 8 nitrogen and oxygen atoms in total. The van der Waals surface area contributed by atoms with Gasteiger partial charge in [-0.2, -0.15) is 0 Å². The molecule has 0 radical (unpaired) electrons. The Kier molecular flexibility index (Phi) is 8.85. The van der Waals surface area contributed by atoms with Crippen molar-refractivity contribution in [3.05, 3.63) is 64.7 Å². The molecule has 1 saturated heterocycles. The SMILES string of the molecule is Cc1ccc(S(=O)(=O)NCC(=O)N(CC(=O)NC[C@H]2CCCO2)Cc2ccc(Cl)cc2)cc1. The van der Waals surface area contributed by atoms with Gasteiger partial charge in [-0.3, -0.25) is 9.59 Å². The zero-order valence-electron chi connectivity index (χ0n) is 18.4. The van der Waals surface area contributed by atoms with E-state index in [9.17, 15) is 18.0 Å².